The molecule has 2 atom stereocenters. The molecule has 2 unspecified atom stereocenters. The summed E-state index contributed by atoms with van der Waals surface area (Å²) in [6.07, 6.45) is 2.85. The van der Waals surface area contributed by atoms with Crippen LogP contribution in [0.3, 0.4) is 0 Å². The van der Waals surface area contributed by atoms with Gasteiger partial charge in [-0.1, -0.05) is 12.1 Å². The van der Waals surface area contributed by atoms with E-state index in [0.717, 1.165) is 41.4 Å². The molecule has 33 heavy (non-hydrogen) atoms. The number of hydrogen-bond acceptors (Lipinski definition) is 5. The van der Waals surface area contributed by atoms with Gasteiger partial charge in [0.2, 0.25) is 0 Å². The van der Waals surface area contributed by atoms with Gasteiger partial charge in [-0.2, -0.15) is 0 Å². The van der Waals surface area contributed by atoms with Crippen LogP contribution in [-0.4, -0.2) is 54.9 Å². The normalized spacial score (nSPS) is 25.2. The lowest BCUT2D eigenvalue weighted by Gasteiger charge is -2.44. The lowest BCUT2D eigenvalue weighted by atomic mass is 9.83. The molecule has 1 amide bonds. The number of nitrogens with zero attached hydrogens (tertiary/aromatic N) is 3. The van der Waals surface area contributed by atoms with E-state index in [1.54, 1.807) is 4.90 Å². The zero-order chi connectivity index (χ0) is 23.4. The number of piperidine rings is 1. The third-order valence-electron chi connectivity index (χ3n) is 7.48. The van der Waals surface area contributed by atoms with Crippen molar-refractivity contribution < 1.29 is 18.5 Å². The predicted octanol–water partition coefficient (Wildman–Crippen LogP) is 4.33. The smallest absolute Gasteiger partial charge is 0.409 e. The average molecular weight is 472 g/mol. The first-order valence-corrected chi connectivity index (χ1v) is 13.2. The van der Waals surface area contributed by atoms with E-state index in [1.807, 2.05) is 25.1 Å². The van der Waals surface area contributed by atoms with Crippen LogP contribution < -0.4 is 4.74 Å². The summed E-state index contributed by atoms with van der Waals surface area (Å²) >= 11 is 0. The van der Waals surface area contributed by atoms with Crippen LogP contribution in [0.5, 0.6) is 5.75 Å². The molecule has 0 radical (unpaired) electrons. The first-order valence-electron chi connectivity index (χ1n) is 11.9. The Morgan fingerprint density at radius 1 is 1.27 bits per heavy atom. The molecular weight excluding hydrogens is 438 g/mol. The molecule has 3 aliphatic heterocycles. The number of ether oxygens (including phenoxy) is 2. The van der Waals surface area contributed by atoms with Crippen LogP contribution in [0.25, 0.3) is 11.3 Å². The van der Waals surface area contributed by atoms with Gasteiger partial charge in [-0.3, -0.25) is 4.21 Å². The Morgan fingerprint density at radius 2 is 2.00 bits per heavy atom. The highest BCUT2D eigenvalue weighted by Gasteiger charge is 2.48. The minimum Gasteiger partial charge on any atom is -0.480 e. The number of carbonyl (C=O) groups is 1. The van der Waals surface area contributed by atoms with Crippen molar-refractivity contribution in [3.05, 3.63) is 35.8 Å². The Balaban J connectivity index is 1.55. The molecule has 2 aromatic rings. The fraction of sp³-hybridized carbons (Fsp3) is 0.600. The molecule has 5 rings (SSSR count). The first-order chi connectivity index (χ1) is 15.8. The maximum Gasteiger partial charge on any atom is 0.409 e. The van der Waals surface area contributed by atoms with Gasteiger partial charge in [0.15, 0.2) is 5.60 Å². The molecule has 1 aromatic carbocycles. The zero-order valence-corrected chi connectivity index (χ0v) is 20.7. The van der Waals surface area contributed by atoms with Gasteiger partial charge in [-0.15, -0.1) is 0 Å². The van der Waals surface area contributed by atoms with E-state index in [-0.39, 0.29) is 16.8 Å². The summed E-state index contributed by atoms with van der Waals surface area (Å²) in [6, 6.07) is 8.10. The maximum absolute atomic E-state index is 12.5. The summed E-state index contributed by atoms with van der Waals surface area (Å²) < 4.78 is 26.5. The summed E-state index contributed by atoms with van der Waals surface area (Å²) in [7, 11) is 1.28. The zero-order valence-electron chi connectivity index (χ0n) is 19.9. The van der Waals surface area contributed by atoms with Gasteiger partial charge in [0.05, 0.1) is 18.0 Å². The van der Waals surface area contributed by atoms with Gasteiger partial charge in [-0.25, -0.2) is 9.78 Å². The van der Waals surface area contributed by atoms with Crippen LogP contribution in [0.4, 0.5) is 4.79 Å². The van der Waals surface area contributed by atoms with Crippen LogP contribution in [0, 0.1) is 0 Å². The van der Waals surface area contributed by atoms with Gasteiger partial charge >= 0.3 is 6.09 Å². The van der Waals surface area contributed by atoms with Crippen molar-refractivity contribution in [2.24, 2.45) is 7.05 Å². The number of likely N-dealkylation sites (tertiary alicyclic amines) is 1. The second-order valence-electron chi connectivity index (χ2n) is 10.0. The summed E-state index contributed by atoms with van der Waals surface area (Å²) in [5, 5.41) is 0. The van der Waals surface area contributed by atoms with Gasteiger partial charge in [0, 0.05) is 65.8 Å². The second-order valence-corrected chi connectivity index (χ2v) is 12.2. The van der Waals surface area contributed by atoms with E-state index in [9.17, 15) is 9.00 Å². The monoisotopic (exact) mass is 471 g/mol. The molecule has 8 heteroatoms. The standard InChI is InChI=1S/C25H33N3O4S/c1-5-31-23(29)28-13-11-25(12-14-28)21-20(18-8-6-7-9-19(18)32-25)26-22(27(21)4)17-10-15-33(30)24(2,3)16-17/h6-9,17H,5,10-16H2,1-4H3. The first kappa shape index (κ1) is 22.4. The molecule has 178 valence electrons. The molecule has 0 N–H and O–H groups in total. The lowest BCUT2D eigenvalue weighted by Crippen LogP contribution is -2.50. The van der Waals surface area contributed by atoms with Crippen molar-refractivity contribution in [1.29, 1.82) is 0 Å². The summed E-state index contributed by atoms with van der Waals surface area (Å²) in [4.78, 5) is 19.3. The third-order valence-corrected chi connectivity index (χ3v) is 9.48. The van der Waals surface area contributed by atoms with E-state index < -0.39 is 16.4 Å². The van der Waals surface area contributed by atoms with Crippen LogP contribution in [-0.2, 0) is 28.2 Å². The number of benzene rings is 1. The summed E-state index contributed by atoms with van der Waals surface area (Å²) in [5.74, 6) is 2.88. The van der Waals surface area contributed by atoms with Gasteiger partial charge < -0.3 is 18.9 Å². The highest BCUT2D eigenvalue weighted by molar-refractivity contribution is 7.86. The van der Waals surface area contributed by atoms with E-state index in [0.29, 0.717) is 38.3 Å². The van der Waals surface area contributed by atoms with Crippen molar-refractivity contribution in [2.45, 2.75) is 62.7 Å². The SMILES string of the molecule is CCOC(=O)N1CCC2(CC1)Oc1ccccc1-c1nc(C3CCS(=O)C(C)(C)C3)n(C)c12. The van der Waals surface area contributed by atoms with Gasteiger partial charge in [0.25, 0.3) is 0 Å². The molecule has 0 saturated carbocycles. The fourth-order valence-corrected chi connectivity index (χ4v) is 7.18. The quantitative estimate of drug-likeness (QED) is 0.652. The Hall–Kier alpha value is -2.35. The van der Waals surface area contributed by atoms with E-state index >= 15 is 0 Å². The second kappa shape index (κ2) is 8.15. The van der Waals surface area contributed by atoms with E-state index in [1.165, 1.54) is 0 Å². The Labute approximate surface area is 197 Å². The highest BCUT2D eigenvalue weighted by Crippen LogP contribution is 2.50. The van der Waals surface area contributed by atoms with Crippen molar-refractivity contribution >= 4 is 16.9 Å². The Morgan fingerprint density at radius 3 is 2.70 bits per heavy atom. The van der Waals surface area contributed by atoms with Crippen molar-refractivity contribution in [3.63, 3.8) is 0 Å². The molecule has 7 nitrogen and oxygen atoms in total. The lowest BCUT2D eigenvalue weighted by molar-refractivity contribution is -0.0102. The largest absolute Gasteiger partial charge is 0.480 e. The van der Waals surface area contributed by atoms with Crippen molar-refractivity contribution in [1.82, 2.24) is 14.5 Å². The molecular formula is C25H33N3O4S. The predicted molar refractivity (Wildman–Crippen MR) is 128 cm³/mol. The Bertz CT molecular complexity index is 1100. The van der Waals surface area contributed by atoms with E-state index in [4.69, 9.17) is 14.5 Å². The molecule has 0 bridgehead atoms. The number of para-hydroxylation sites is 1. The molecule has 2 saturated heterocycles. The number of aromatic nitrogens is 2. The van der Waals surface area contributed by atoms with Crippen LogP contribution in [0.1, 0.15) is 63.9 Å². The minimum absolute atomic E-state index is 0.216. The summed E-state index contributed by atoms with van der Waals surface area (Å²) in [5.41, 5.74) is 2.58. The van der Waals surface area contributed by atoms with Crippen molar-refractivity contribution in [2.75, 3.05) is 25.4 Å². The van der Waals surface area contributed by atoms with Gasteiger partial charge in [-0.05, 0) is 45.7 Å². The van der Waals surface area contributed by atoms with Crippen LogP contribution >= 0.6 is 0 Å². The third kappa shape index (κ3) is 3.66. The minimum atomic E-state index is -0.810. The molecule has 1 spiro atoms. The number of fused-ring (bicyclic) bond motifs is 4. The number of carbonyl (C=O) groups excluding carboxylic acids is 1. The summed E-state index contributed by atoms with van der Waals surface area (Å²) in [6.45, 7) is 7.57. The maximum atomic E-state index is 12.5. The highest BCUT2D eigenvalue weighted by atomic mass is 32.2. The number of hydrogen-bond donors (Lipinski definition) is 0. The molecule has 3 aliphatic rings. The molecule has 1 aromatic heterocycles. The van der Waals surface area contributed by atoms with Crippen LogP contribution in [0.15, 0.2) is 24.3 Å². The topological polar surface area (TPSA) is 73.7 Å². The number of rotatable bonds is 2. The average Bonchev–Trinajstić information content (AvgIpc) is 3.15. The van der Waals surface area contributed by atoms with Crippen molar-refractivity contribution in [3.8, 4) is 17.0 Å². The number of imidazole rings is 1. The molecule has 4 heterocycles. The fourth-order valence-electron chi connectivity index (χ4n) is 5.74. The molecule has 0 aliphatic carbocycles. The Kier molecular flexibility index (Phi) is 5.54. The van der Waals surface area contributed by atoms with E-state index in [2.05, 4.69) is 31.5 Å². The van der Waals surface area contributed by atoms with Gasteiger partial charge in [0.1, 0.15) is 11.6 Å². The van der Waals surface area contributed by atoms with Crippen LogP contribution in [0.2, 0.25) is 0 Å². The number of amides is 1. The molecule has 2 fully saturated rings.